The third-order valence-electron chi connectivity index (χ3n) is 15.3. The molecule has 0 unspecified atom stereocenters. The number of rotatable bonds is 9. The van der Waals surface area contributed by atoms with E-state index in [1.807, 2.05) is 0 Å². The smallest absolute Gasteiger partial charge is 0.0714 e. The molecule has 342 valence electrons. The number of hydrogen-bond donors (Lipinski definition) is 0. The molecule has 73 heavy (non-hydrogen) atoms. The second-order valence-electron chi connectivity index (χ2n) is 19.2. The summed E-state index contributed by atoms with van der Waals surface area (Å²) in [5.74, 6) is 0. The van der Waals surface area contributed by atoms with Crippen LogP contribution >= 0.6 is 0 Å². The summed E-state index contributed by atoms with van der Waals surface area (Å²) in [4.78, 5) is 2.47. The molecule has 12 aromatic carbocycles. The summed E-state index contributed by atoms with van der Waals surface area (Å²) >= 11 is 0. The monoisotopic (exact) mass is 928 g/mol. The molecule has 0 bridgehead atoms. The van der Waals surface area contributed by atoms with Gasteiger partial charge < -0.3 is 9.47 Å². The van der Waals surface area contributed by atoms with E-state index in [1.165, 1.54) is 93.8 Å². The summed E-state index contributed by atoms with van der Waals surface area (Å²) in [5.41, 5.74) is 21.1. The van der Waals surface area contributed by atoms with E-state index in [-0.39, 0.29) is 0 Å². The first-order valence-corrected chi connectivity index (χ1v) is 25.2. The van der Waals surface area contributed by atoms with E-state index in [0.717, 1.165) is 28.3 Å². The molecule has 13 aromatic rings. The van der Waals surface area contributed by atoms with Gasteiger partial charge in [0.05, 0.1) is 22.1 Å². The van der Waals surface area contributed by atoms with Crippen molar-refractivity contribution in [1.29, 1.82) is 0 Å². The second-order valence-corrected chi connectivity index (χ2v) is 19.2. The van der Waals surface area contributed by atoms with Crippen LogP contribution in [0.25, 0.3) is 82.8 Å². The molecule has 0 saturated heterocycles. The number of nitrogens with zero attached hydrogens (tertiary/aromatic N) is 2. The largest absolute Gasteiger partial charge is 0.310 e. The van der Waals surface area contributed by atoms with E-state index in [1.54, 1.807) is 0 Å². The van der Waals surface area contributed by atoms with Gasteiger partial charge in [-0.1, -0.05) is 224 Å². The maximum absolute atomic E-state index is 2.47. The zero-order chi connectivity index (χ0) is 48.3. The van der Waals surface area contributed by atoms with Crippen LogP contribution < -0.4 is 4.90 Å². The normalized spacial score (nSPS) is 12.5. The first-order chi connectivity index (χ1) is 36.2. The van der Waals surface area contributed by atoms with Gasteiger partial charge in [-0.05, 0) is 139 Å². The summed E-state index contributed by atoms with van der Waals surface area (Å²) < 4.78 is 2.38. The lowest BCUT2D eigenvalue weighted by Gasteiger charge is -2.35. The maximum atomic E-state index is 2.47. The number of benzene rings is 12. The number of anilines is 3. The number of hydrogen-bond acceptors (Lipinski definition) is 1. The van der Waals surface area contributed by atoms with E-state index in [2.05, 4.69) is 301 Å². The Kier molecular flexibility index (Phi) is 10.1. The molecule has 0 aliphatic heterocycles. The Morgan fingerprint density at radius 3 is 1.53 bits per heavy atom. The van der Waals surface area contributed by atoms with Gasteiger partial charge in [0.15, 0.2) is 0 Å². The van der Waals surface area contributed by atoms with Gasteiger partial charge in [-0.2, -0.15) is 0 Å². The molecule has 1 aliphatic rings. The Balaban J connectivity index is 0.919. The topological polar surface area (TPSA) is 8.17 Å². The highest BCUT2D eigenvalue weighted by atomic mass is 15.1. The second kappa shape index (κ2) is 17.4. The molecular weight excluding hydrogens is 881 g/mol. The van der Waals surface area contributed by atoms with Crippen LogP contribution in [0.1, 0.15) is 22.3 Å². The fourth-order valence-electron chi connectivity index (χ4n) is 12.0. The van der Waals surface area contributed by atoms with Crippen LogP contribution in [0.15, 0.2) is 291 Å². The van der Waals surface area contributed by atoms with Crippen molar-refractivity contribution in [3.8, 4) is 50.2 Å². The van der Waals surface area contributed by atoms with Crippen LogP contribution in [0.2, 0.25) is 0 Å². The summed E-state index contributed by atoms with van der Waals surface area (Å²) in [7, 11) is 0. The van der Waals surface area contributed by atoms with Crippen LogP contribution in [0, 0.1) is 0 Å². The molecule has 0 amide bonds. The van der Waals surface area contributed by atoms with Gasteiger partial charge in [0.25, 0.3) is 0 Å². The van der Waals surface area contributed by atoms with Crippen LogP contribution in [0.3, 0.4) is 0 Å². The molecule has 0 atom stereocenters. The van der Waals surface area contributed by atoms with Crippen LogP contribution in [0.5, 0.6) is 0 Å². The minimum absolute atomic E-state index is 0.534. The Labute approximate surface area is 426 Å². The van der Waals surface area contributed by atoms with E-state index >= 15 is 0 Å². The standard InChI is InChI=1S/C71H48N2/c1-5-20-50(21-6-1)59-43-45-69(63-32-14-13-30-60(59)63)72(58-41-42-62-61-31-15-17-34-66(61)71(67(62)48-58,54-24-7-2-8-25-54)55-26-9-3-10-27-55)57-39-36-49(37-40-57)51-22-19-23-52(46-51)53-38-44-70-65(47-53)64-33-16-18-35-68(64)73(70)56-28-11-4-12-29-56/h1-48H. The third-order valence-corrected chi connectivity index (χ3v) is 15.3. The third kappa shape index (κ3) is 6.87. The predicted octanol–water partition coefficient (Wildman–Crippen LogP) is 18.8. The highest BCUT2D eigenvalue weighted by Crippen LogP contribution is 2.57. The van der Waals surface area contributed by atoms with E-state index < -0.39 is 5.41 Å². The van der Waals surface area contributed by atoms with Crippen molar-refractivity contribution in [2.75, 3.05) is 4.90 Å². The highest BCUT2D eigenvalue weighted by Gasteiger charge is 2.46. The zero-order valence-corrected chi connectivity index (χ0v) is 40.1. The van der Waals surface area contributed by atoms with E-state index in [9.17, 15) is 0 Å². The highest BCUT2D eigenvalue weighted by molar-refractivity contribution is 6.11. The van der Waals surface area contributed by atoms with Crippen LogP contribution in [-0.4, -0.2) is 4.57 Å². The molecule has 1 aliphatic carbocycles. The maximum Gasteiger partial charge on any atom is 0.0714 e. The molecule has 1 heterocycles. The average Bonchev–Trinajstić information content (AvgIpc) is 3.96. The van der Waals surface area contributed by atoms with Gasteiger partial charge in [-0.25, -0.2) is 0 Å². The van der Waals surface area contributed by atoms with Gasteiger partial charge in [0.2, 0.25) is 0 Å². The zero-order valence-electron chi connectivity index (χ0n) is 40.1. The predicted molar refractivity (Wildman–Crippen MR) is 307 cm³/mol. The van der Waals surface area contributed by atoms with Crippen molar-refractivity contribution in [2.45, 2.75) is 5.41 Å². The van der Waals surface area contributed by atoms with Gasteiger partial charge in [0.1, 0.15) is 0 Å². The molecular formula is C71H48N2. The SMILES string of the molecule is c1ccc(-c2ccc(N(c3ccc(-c4cccc(-c5ccc6c(c5)c5ccccc5n6-c5ccccc5)c4)cc3)c3ccc4c(c3)C(c3ccccc3)(c3ccccc3)c3ccccc3-4)c3ccccc23)cc1. The van der Waals surface area contributed by atoms with Crippen LogP contribution in [-0.2, 0) is 5.41 Å². The van der Waals surface area contributed by atoms with Gasteiger partial charge in [-0.3, -0.25) is 0 Å². The molecule has 2 heteroatoms. The van der Waals surface area contributed by atoms with Crippen LogP contribution in [0.4, 0.5) is 17.1 Å². The lowest BCUT2D eigenvalue weighted by molar-refractivity contribution is 0.768. The lowest BCUT2D eigenvalue weighted by Crippen LogP contribution is -2.28. The van der Waals surface area contributed by atoms with Crippen molar-refractivity contribution >= 4 is 49.6 Å². The lowest BCUT2D eigenvalue weighted by atomic mass is 9.67. The first-order valence-electron chi connectivity index (χ1n) is 25.2. The minimum Gasteiger partial charge on any atom is -0.310 e. The Morgan fingerprint density at radius 1 is 0.274 bits per heavy atom. The minimum atomic E-state index is -0.534. The molecule has 14 rings (SSSR count). The number of fused-ring (bicyclic) bond motifs is 7. The fourth-order valence-corrected chi connectivity index (χ4v) is 12.0. The number of para-hydroxylation sites is 2. The molecule has 0 radical (unpaired) electrons. The average molecular weight is 929 g/mol. The Bertz CT molecular complexity index is 4140. The molecule has 0 fully saturated rings. The van der Waals surface area contributed by atoms with Gasteiger partial charge in [-0.15, -0.1) is 0 Å². The molecule has 1 aromatic heterocycles. The molecule has 0 saturated carbocycles. The van der Waals surface area contributed by atoms with Crippen molar-refractivity contribution in [2.24, 2.45) is 0 Å². The fraction of sp³-hybridized carbons (Fsp3) is 0.0141. The molecule has 0 spiro atoms. The molecule has 0 N–H and O–H groups in total. The summed E-state index contributed by atoms with van der Waals surface area (Å²) in [6.07, 6.45) is 0. The van der Waals surface area contributed by atoms with Gasteiger partial charge in [0, 0.05) is 33.2 Å². The summed E-state index contributed by atoms with van der Waals surface area (Å²) in [6, 6.07) is 107. The van der Waals surface area contributed by atoms with Crippen molar-refractivity contribution in [3.63, 3.8) is 0 Å². The molecule has 2 nitrogen and oxygen atoms in total. The number of aromatic nitrogens is 1. The van der Waals surface area contributed by atoms with E-state index in [0.29, 0.717) is 0 Å². The Morgan fingerprint density at radius 2 is 0.795 bits per heavy atom. The van der Waals surface area contributed by atoms with Crippen molar-refractivity contribution < 1.29 is 0 Å². The van der Waals surface area contributed by atoms with Crippen molar-refractivity contribution in [3.05, 3.63) is 313 Å². The Hall–Kier alpha value is -9.50. The van der Waals surface area contributed by atoms with Gasteiger partial charge >= 0.3 is 0 Å². The van der Waals surface area contributed by atoms with E-state index in [4.69, 9.17) is 0 Å². The first kappa shape index (κ1) is 42.4. The quantitative estimate of drug-likeness (QED) is 0.140. The van der Waals surface area contributed by atoms with Crippen molar-refractivity contribution in [1.82, 2.24) is 4.57 Å². The summed E-state index contributed by atoms with van der Waals surface area (Å²) in [6.45, 7) is 0. The summed E-state index contributed by atoms with van der Waals surface area (Å²) in [5, 5.41) is 4.90.